The lowest BCUT2D eigenvalue weighted by Gasteiger charge is -2.09. The lowest BCUT2D eigenvalue weighted by Crippen LogP contribution is -2.24. The first-order chi connectivity index (χ1) is 10.5. The van der Waals surface area contributed by atoms with Crippen molar-refractivity contribution < 1.29 is 9.66 Å². The Morgan fingerprint density at radius 1 is 1.36 bits per heavy atom. The third-order valence-corrected chi connectivity index (χ3v) is 3.36. The molecule has 1 aromatic heterocycles. The van der Waals surface area contributed by atoms with Crippen molar-refractivity contribution in [2.24, 2.45) is 0 Å². The number of hydrogen-bond acceptors (Lipinski definition) is 4. The summed E-state index contributed by atoms with van der Waals surface area (Å²) in [5.41, 5.74) is 0.202. The summed E-state index contributed by atoms with van der Waals surface area (Å²) >= 11 is 0. The number of terminal acetylenes is 1. The van der Waals surface area contributed by atoms with Crippen molar-refractivity contribution >= 4 is 5.69 Å². The molecule has 0 atom stereocenters. The van der Waals surface area contributed by atoms with Crippen LogP contribution < -0.4 is 10.3 Å². The highest BCUT2D eigenvalue weighted by Gasteiger charge is 2.21. The first-order valence-electron chi connectivity index (χ1n) is 6.46. The zero-order valence-electron chi connectivity index (χ0n) is 12.2. The van der Waals surface area contributed by atoms with Gasteiger partial charge < -0.3 is 9.30 Å². The molecule has 0 bridgehead atoms. The fourth-order valence-corrected chi connectivity index (χ4v) is 2.14. The van der Waals surface area contributed by atoms with E-state index < -0.39 is 16.2 Å². The molecule has 2 rings (SSSR count). The maximum atomic E-state index is 12.3. The van der Waals surface area contributed by atoms with Crippen LogP contribution in [0.3, 0.4) is 0 Å². The molecule has 2 aromatic rings. The van der Waals surface area contributed by atoms with Crippen molar-refractivity contribution in [2.45, 2.75) is 13.5 Å². The van der Waals surface area contributed by atoms with Crippen LogP contribution in [0.5, 0.6) is 5.75 Å². The van der Waals surface area contributed by atoms with Crippen molar-refractivity contribution in [3.8, 4) is 18.1 Å². The molecule has 0 unspecified atom stereocenters. The molecular formula is C16H14N2O4. The molecule has 6 heteroatoms. The largest absolute Gasteiger partial charge is 0.497 e. The summed E-state index contributed by atoms with van der Waals surface area (Å²) in [6, 6.07) is 7.08. The SMILES string of the molecule is C#Cc1cn(Cc2ccc(OC)cc2)c(=O)c([N+](=O)[O-])c1C. The first kappa shape index (κ1) is 15.3. The fraction of sp³-hybridized carbons (Fsp3) is 0.188. The van der Waals surface area contributed by atoms with Gasteiger partial charge in [0.2, 0.25) is 0 Å². The fourth-order valence-electron chi connectivity index (χ4n) is 2.14. The molecule has 0 saturated heterocycles. The minimum Gasteiger partial charge on any atom is -0.497 e. The average Bonchev–Trinajstić information content (AvgIpc) is 2.50. The number of rotatable bonds is 4. The van der Waals surface area contributed by atoms with Crippen molar-refractivity contribution in [3.05, 3.63) is 67.6 Å². The Balaban J connectivity index is 2.51. The molecule has 0 fully saturated rings. The number of nitrogens with zero attached hydrogens (tertiary/aromatic N) is 2. The van der Waals surface area contributed by atoms with E-state index >= 15 is 0 Å². The van der Waals surface area contributed by atoms with Gasteiger partial charge in [0.1, 0.15) is 5.75 Å². The van der Waals surface area contributed by atoms with Gasteiger partial charge in [-0.3, -0.25) is 14.9 Å². The van der Waals surface area contributed by atoms with E-state index in [0.29, 0.717) is 11.3 Å². The lowest BCUT2D eigenvalue weighted by molar-refractivity contribution is -0.387. The van der Waals surface area contributed by atoms with Gasteiger partial charge >= 0.3 is 11.2 Å². The zero-order valence-corrected chi connectivity index (χ0v) is 12.2. The predicted octanol–water partition coefficient (Wildman–Crippen LogP) is 2.10. The van der Waals surface area contributed by atoms with Crippen LogP contribution in [-0.2, 0) is 6.54 Å². The van der Waals surface area contributed by atoms with Gasteiger partial charge in [0, 0.05) is 11.8 Å². The van der Waals surface area contributed by atoms with Gasteiger partial charge in [0.15, 0.2) is 0 Å². The standard InChI is InChI=1S/C16H14N2O4/c1-4-13-10-17(16(19)15(11(13)2)18(20)21)9-12-5-7-14(22-3)8-6-12/h1,5-8,10H,9H2,2-3H3. The molecular weight excluding hydrogens is 284 g/mol. The summed E-state index contributed by atoms with van der Waals surface area (Å²) in [4.78, 5) is 22.7. The highest BCUT2D eigenvalue weighted by atomic mass is 16.6. The van der Waals surface area contributed by atoms with Crippen molar-refractivity contribution in [2.75, 3.05) is 7.11 Å². The van der Waals surface area contributed by atoms with Crippen molar-refractivity contribution in [1.82, 2.24) is 4.57 Å². The highest BCUT2D eigenvalue weighted by molar-refractivity contribution is 5.49. The van der Waals surface area contributed by atoms with Gasteiger partial charge in [-0.15, -0.1) is 6.42 Å². The summed E-state index contributed by atoms with van der Waals surface area (Å²) in [5.74, 6) is 3.07. The molecule has 0 aliphatic carbocycles. The second-order valence-electron chi connectivity index (χ2n) is 4.70. The lowest BCUT2D eigenvalue weighted by atomic mass is 10.1. The molecule has 112 valence electrons. The molecule has 0 amide bonds. The zero-order chi connectivity index (χ0) is 16.3. The summed E-state index contributed by atoms with van der Waals surface area (Å²) in [7, 11) is 1.56. The number of hydrogen-bond donors (Lipinski definition) is 0. The van der Waals surface area contributed by atoms with Crippen LogP contribution in [0.1, 0.15) is 16.7 Å². The third kappa shape index (κ3) is 2.83. The molecule has 0 N–H and O–H groups in total. The molecule has 0 radical (unpaired) electrons. The van der Waals surface area contributed by atoms with E-state index in [4.69, 9.17) is 11.2 Å². The molecule has 1 aromatic carbocycles. The maximum Gasteiger partial charge on any atom is 0.338 e. The van der Waals surface area contributed by atoms with E-state index in [9.17, 15) is 14.9 Å². The quantitative estimate of drug-likeness (QED) is 0.492. The number of benzene rings is 1. The molecule has 22 heavy (non-hydrogen) atoms. The number of aromatic nitrogens is 1. The maximum absolute atomic E-state index is 12.3. The van der Waals surface area contributed by atoms with E-state index in [1.54, 1.807) is 31.4 Å². The van der Waals surface area contributed by atoms with Crippen LogP contribution in [0.4, 0.5) is 5.69 Å². The molecule has 6 nitrogen and oxygen atoms in total. The topological polar surface area (TPSA) is 74.4 Å². The minimum absolute atomic E-state index is 0.193. The molecule has 0 aliphatic heterocycles. The van der Waals surface area contributed by atoms with Gasteiger partial charge in [-0.1, -0.05) is 18.1 Å². The normalized spacial score (nSPS) is 10.0. The Bertz CT molecular complexity index is 814. The Hall–Kier alpha value is -3.07. The van der Waals surface area contributed by atoms with Crippen LogP contribution in [-0.4, -0.2) is 16.6 Å². The summed E-state index contributed by atoms with van der Waals surface area (Å²) < 4.78 is 6.31. The summed E-state index contributed by atoms with van der Waals surface area (Å²) in [5, 5.41) is 11.1. The van der Waals surface area contributed by atoms with Gasteiger partial charge in [0.25, 0.3) is 0 Å². The smallest absolute Gasteiger partial charge is 0.338 e. The Morgan fingerprint density at radius 3 is 2.50 bits per heavy atom. The molecule has 0 aliphatic rings. The molecule has 0 spiro atoms. The second-order valence-corrected chi connectivity index (χ2v) is 4.70. The minimum atomic E-state index is -0.691. The van der Waals surface area contributed by atoms with Gasteiger partial charge in [-0.25, -0.2) is 0 Å². The van der Waals surface area contributed by atoms with Gasteiger partial charge in [0.05, 0.1) is 24.1 Å². The van der Waals surface area contributed by atoms with Crippen LogP contribution >= 0.6 is 0 Å². The summed E-state index contributed by atoms with van der Waals surface area (Å²) in [6.45, 7) is 1.67. The number of ether oxygens (including phenoxy) is 1. The van der Waals surface area contributed by atoms with Crippen molar-refractivity contribution in [1.29, 1.82) is 0 Å². The van der Waals surface area contributed by atoms with E-state index in [1.807, 2.05) is 0 Å². The van der Waals surface area contributed by atoms with Crippen molar-refractivity contribution in [3.63, 3.8) is 0 Å². The van der Waals surface area contributed by atoms with Gasteiger partial charge in [-0.05, 0) is 24.6 Å². The monoisotopic (exact) mass is 298 g/mol. The Morgan fingerprint density at radius 2 is 2.00 bits per heavy atom. The molecule has 1 heterocycles. The van der Waals surface area contributed by atoms with Crippen LogP contribution in [0.2, 0.25) is 0 Å². The number of nitro groups is 1. The van der Waals surface area contributed by atoms with Crippen LogP contribution in [0, 0.1) is 29.4 Å². The predicted molar refractivity (Wildman–Crippen MR) is 82.1 cm³/mol. The van der Waals surface area contributed by atoms with Crippen LogP contribution in [0.25, 0.3) is 0 Å². The van der Waals surface area contributed by atoms with E-state index in [1.165, 1.54) is 17.7 Å². The molecule has 0 saturated carbocycles. The van der Waals surface area contributed by atoms with E-state index in [0.717, 1.165) is 5.56 Å². The number of pyridine rings is 1. The third-order valence-electron chi connectivity index (χ3n) is 3.36. The van der Waals surface area contributed by atoms with E-state index in [2.05, 4.69) is 5.92 Å². The average molecular weight is 298 g/mol. The summed E-state index contributed by atoms with van der Waals surface area (Å²) in [6.07, 6.45) is 6.83. The number of methoxy groups -OCH3 is 1. The van der Waals surface area contributed by atoms with Gasteiger partial charge in [-0.2, -0.15) is 0 Å². The highest BCUT2D eigenvalue weighted by Crippen LogP contribution is 2.17. The Labute approximate surface area is 127 Å². The van der Waals surface area contributed by atoms with Crippen LogP contribution in [0.15, 0.2) is 35.3 Å². The van der Waals surface area contributed by atoms with E-state index in [-0.39, 0.29) is 12.1 Å². The Kier molecular flexibility index (Phi) is 4.28. The second kappa shape index (κ2) is 6.14. The first-order valence-corrected chi connectivity index (χ1v) is 6.46.